The van der Waals surface area contributed by atoms with Gasteiger partial charge in [-0.2, -0.15) is 0 Å². The molecule has 1 saturated heterocycles. The molecule has 0 radical (unpaired) electrons. The van der Waals surface area contributed by atoms with Crippen molar-refractivity contribution in [1.29, 1.82) is 0 Å². The van der Waals surface area contributed by atoms with E-state index in [4.69, 9.17) is 0 Å². The van der Waals surface area contributed by atoms with Crippen molar-refractivity contribution in [2.75, 3.05) is 20.1 Å². The summed E-state index contributed by atoms with van der Waals surface area (Å²) < 4.78 is 0. The second-order valence-corrected chi connectivity index (χ2v) is 7.97. The van der Waals surface area contributed by atoms with Crippen LogP contribution in [0.25, 0.3) is 0 Å². The number of guanidine groups is 1. The molecule has 4 rings (SSSR count). The molecular formula is C21H30N4O. The average molecular weight is 354 g/mol. The number of aliphatic imine (C=N–C) groups is 1. The summed E-state index contributed by atoms with van der Waals surface area (Å²) in [6, 6.07) is 11.4. The first-order valence-electron chi connectivity index (χ1n) is 10.1. The molecule has 0 bridgehead atoms. The Kier molecular flexibility index (Phi) is 5.14. The van der Waals surface area contributed by atoms with Crippen molar-refractivity contribution >= 4 is 11.9 Å². The van der Waals surface area contributed by atoms with Crippen molar-refractivity contribution in [3.63, 3.8) is 0 Å². The van der Waals surface area contributed by atoms with Gasteiger partial charge in [0.2, 0.25) is 5.91 Å². The largest absolute Gasteiger partial charge is 0.353 e. The molecular weight excluding hydrogens is 324 g/mol. The lowest BCUT2D eigenvalue weighted by atomic mass is 10.1. The van der Waals surface area contributed by atoms with Crippen molar-refractivity contribution in [2.24, 2.45) is 10.9 Å². The smallest absolute Gasteiger partial charge is 0.225 e. The number of nitrogens with zero attached hydrogens (tertiary/aromatic N) is 2. The Bertz CT molecular complexity index is 653. The van der Waals surface area contributed by atoms with Crippen LogP contribution in [-0.2, 0) is 4.79 Å². The van der Waals surface area contributed by atoms with Gasteiger partial charge in [-0.15, -0.1) is 0 Å². The van der Waals surface area contributed by atoms with Crippen LogP contribution >= 0.6 is 0 Å². The highest BCUT2D eigenvalue weighted by molar-refractivity contribution is 5.82. The maximum atomic E-state index is 12.6. The number of carbonyl (C=O) groups excluding carboxylic acids is 1. The number of rotatable bonds is 4. The molecule has 0 aromatic heterocycles. The molecule has 2 saturated carbocycles. The second kappa shape index (κ2) is 7.68. The Morgan fingerprint density at radius 3 is 2.62 bits per heavy atom. The van der Waals surface area contributed by atoms with E-state index in [1.807, 2.05) is 7.05 Å². The SMILES string of the molecule is CN=C(NC1CCN(C(=O)C2CCCC2)C1)NC1CC1c1ccccc1. The predicted molar refractivity (Wildman–Crippen MR) is 104 cm³/mol. The monoisotopic (exact) mass is 354 g/mol. The Labute approximate surface area is 156 Å². The lowest BCUT2D eigenvalue weighted by Gasteiger charge is -2.21. The van der Waals surface area contributed by atoms with Crippen molar-refractivity contribution in [1.82, 2.24) is 15.5 Å². The third-order valence-electron chi connectivity index (χ3n) is 6.11. The Hall–Kier alpha value is -2.04. The van der Waals surface area contributed by atoms with E-state index in [1.165, 1.54) is 18.4 Å². The number of nitrogens with one attached hydrogen (secondary N) is 2. The average Bonchev–Trinajstić information content (AvgIpc) is 3.05. The summed E-state index contributed by atoms with van der Waals surface area (Å²) in [7, 11) is 1.83. The molecule has 140 valence electrons. The summed E-state index contributed by atoms with van der Waals surface area (Å²) in [5.74, 6) is 2.11. The van der Waals surface area contributed by atoms with Gasteiger partial charge >= 0.3 is 0 Å². The highest BCUT2D eigenvalue weighted by atomic mass is 16.2. The minimum atomic E-state index is 0.282. The maximum Gasteiger partial charge on any atom is 0.225 e. The van der Waals surface area contributed by atoms with E-state index >= 15 is 0 Å². The van der Waals surface area contributed by atoms with Crippen LogP contribution in [0, 0.1) is 5.92 Å². The van der Waals surface area contributed by atoms with Crippen LogP contribution in [0.15, 0.2) is 35.3 Å². The van der Waals surface area contributed by atoms with Crippen LogP contribution in [0.2, 0.25) is 0 Å². The molecule has 3 fully saturated rings. The van der Waals surface area contributed by atoms with E-state index in [1.54, 1.807) is 0 Å². The zero-order chi connectivity index (χ0) is 17.9. The van der Waals surface area contributed by atoms with Gasteiger partial charge in [0, 0.05) is 44.1 Å². The molecule has 3 unspecified atom stereocenters. The van der Waals surface area contributed by atoms with Crippen LogP contribution in [0.5, 0.6) is 0 Å². The van der Waals surface area contributed by atoms with Gasteiger partial charge in [-0.1, -0.05) is 43.2 Å². The number of likely N-dealkylation sites (tertiary alicyclic amines) is 1. The number of hydrogen-bond acceptors (Lipinski definition) is 2. The summed E-state index contributed by atoms with van der Waals surface area (Å²) in [5.41, 5.74) is 1.40. The van der Waals surface area contributed by atoms with Gasteiger partial charge in [0.05, 0.1) is 0 Å². The number of benzene rings is 1. The molecule has 3 aliphatic rings. The zero-order valence-electron chi connectivity index (χ0n) is 15.7. The molecule has 5 nitrogen and oxygen atoms in total. The Morgan fingerprint density at radius 2 is 1.88 bits per heavy atom. The first kappa shape index (κ1) is 17.4. The molecule has 1 amide bonds. The van der Waals surface area contributed by atoms with Crippen molar-refractivity contribution in [2.45, 2.75) is 56.5 Å². The topological polar surface area (TPSA) is 56.7 Å². The van der Waals surface area contributed by atoms with E-state index in [-0.39, 0.29) is 5.92 Å². The summed E-state index contributed by atoms with van der Waals surface area (Å²) in [4.78, 5) is 19.0. The van der Waals surface area contributed by atoms with Gasteiger partial charge in [0.15, 0.2) is 5.96 Å². The highest BCUT2D eigenvalue weighted by Gasteiger charge is 2.39. The number of hydrogen-bond donors (Lipinski definition) is 2. The van der Waals surface area contributed by atoms with Gasteiger partial charge in [-0.05, 0) is 31.2 Å². The fourth-order valence-corrected chi connectivity index (χ4v) is 4.47. The van der Waals surface area contributed by atoms with Gasteiger partial charge in [0.1, 0.15) is 0 Å². The van der Waals surface area contributed by atoms with E-state index in [0.29, 0.717) is 23.9 Å². The minimum absolute atomic E-state index is 0.282. The summed E-state index contributed by atoms with van der Waals surface area (Å²) in [5, 5.41) is 7.08. The van der Waals surface area contributed by atoms with Crippen molar-refractivity contribution < 1.29 is 4.79 Å². The van der Waals surface area contributed by atoms with Gasteiger partial charge in [-0.3, -0.25) is 9.79 Å². The highest BCUT2D eigenvalue weighted by Crippen LogP contribution is 2.40. The Morgan fingerprint density at radius 1 is 1.12 bits per heavy atom. The molecule has 2 aliphatic carbocycles. The van der Waals surface area contributed by atoms with Crippen molar-refractivity contribution in [3.8, 4) is 0 Å². The molecule has 1 aromatic rings. The first-order valence-corrected chi connectivity index (χ1v) is 10.1. The van der Waals surface area contributed by atoms with Crippen LogP contribution in [0.1, 0.15) is 50.0 Å². The summed E-state index contributed by atoms with van der Waals surface area (Å²) in [6.45, 7) is 1.68. The summed E-state index contributed by atoms with van der Waals surface area (Å²) >= 11 is 0. The zero-order valence-corrected chi connectivity index (χ0v) is 15.7. The molecule has 2 N–H and O–H groups in total. The molecule has 26 heavy (non-hydrogen) atoms. The van der Waals surface area contributed by atoms with Crippen LogP contribution in [0.4, 0.5) is 0 Å². The lowest BCUT2D eigenvalue weighted by Crippen LogP contribution is -2.46. The van der Waals surface area contributed by atoms with Crippen LogP contribution in [-0.4, -0.2) is 49.0 Å². The molecule has 1 aromatic carbocycles. The normalized spacial score (nSPS) is 29.0. The minimum Gasteiger partial charge on any atom is -0.353 e. The standard InChI is InChI=1S/C21H30N4O/c1-22-21(24-19-13-18(19)15-7-3-2-4-8-15)23-17-11-12-25(14-17)20(26)16-9-5-6-10-16/h2-4,7-8,16-19H,5-6,9-14H2,1H3,(H2,22,23,24). The molecule has 1 aliphatic heterocycles. The molecule has 3 atom stereocenters. The summed E-state index contributed by atoms with van der Waals surface area (Å²) in [6.07, 6.45) is 6.75. The van der Waals surface area contributed by atoms with Crippen LogP contribution < -0.4 is 10.6 Å². The van der Waals surface area contributed by atoms with Crippen LogP contribution in [0.3, 0.4) is 0 Å². The van der Waals surface area contributed by atoms with E-state index in [2.05, 4.69) is 50.9 Å². The molecule has 5 heteroatoms. The van der Waals surface area contributed by atoms with E-state index in [0.717, 1.165) is 44.7 Å². The third-order valence-corrected chi connectivity index (χ3v) is 6.11. The fourth-order valence-electron chi connectivity index (χ4n) is 4.47. The number of amides is 1. The first-order chi connectivity index (χ1) is 12.7. The molecule has 1 heterocycles. The predicted octanol–water partition coefficient (Wildman–Crippen LogP) is 2.50. The fraction of sp³-hybridized carbons (Fsp3) is 0.619. The van der Waals surface area contributed by atoms with Crippen molar-refractivity contribution in [3.05, 3.63) is 35.9 Å². The maximum absolute atomic E-state index is 12.6. The van der Waals surface area contributed by atoms with Gasteiger partial charge < -0.3 is 15.5 Å². The van der Waals surface area contributed by atoms with Gasteiger partial charge in [0.25, 0.3) is 0 Å². The molecule has 0 spiro atoms. The quantitative estimate of drug-likeness (QED) is 0.645. The van der Waals surface area contributed by atoms with Gasteiger partial charge in [-0.25, -0.2) is 0 Å². The Balaban J connectivity index is 1.25. The second-order valence-electron chi connectivity index (χ2n) is 7.97. The third kappa shape index (κ3) is 3.87. The lowest BCUT2D eigenvalue weighted by molar-refractivity contribution is -0.134. The number of carbonyl (C=O) groups is 1. The van der Waals surface area contributed by atoms with E-state index < -0.39 is 0 Å². The van der Waals surface area contributed by atoms with E-state index in [9.17, 15) is 4.79 Å².